The van der Waals surface area contributed by atoms with Crippen molar-refractivity contribution in [3.63, 3.8) is 0 Å². The topological polar surface area (TPSA) is 68.0 Å². The van der Waals surface area contributed by atoms with Crippen molar-refractivity contribution in [3.05, 3.63) is 65.5 Å². The van der Waals surface area contributed by atoms with E-state index in [1.54, 1.807) is 23.5 Å². The molecule has 1 heterocycles. The highest BCUT2D eigenvalue weighted by Gasteiger charge is 2.11. The SMILES string of the molecule is CCSc1ccc(CC(=O)Nc2nnc(Cc3ccc(SC)cc3)o2)cc1. The fraction of sp³-hybridized carbons (Fsp3) is 0.250. The summed E-state index contributed by atoms with van der Waals surface area (Å²) < 4.78 is 5.54. The van der Waals surface area contributed by atoms with Crippen LogP contribution in [0.25, 0.3) is 0 Å². The summed E-state index contributed by atoms with van der Waals surface area (Å²) in [6.07, 6.45) is 2.85. The molecule has 0 fully saturated rings. The fourth-order valence-electron chi connectivity index (χ4n) is 2.51. The second kappa shape index (κ2) is 9.62. The lowest BCUT2D eigenvalue weighted by Gasteiger charge is -2.03. The van der Waals surface area contributed by atoms with Crippen molar-refractivity contribution >= 4 is 35.4 Å². The molecule has 3 rings (SSSR count). The number of nitrogens with zero attached hydrogens (tertiary/aromatic N) is 2. The summed E-state index contributed by atoms with van der Waals surface area (Å²) >= 11 is 3.47. The number of rotatable bonds is 8. The average molecular weight is 400 g/mol. The highest BCUT2D eigenvalue weighted by Crippen LogP contribution is 2.19. The number of carbonyl (C=O) groups is 1. The maximum Gasteiger partial charge on any atom is 0.322 e. The number of hydrogen-bond acceptors (Lipinski definition) is 6. The van der Waals surface area contributed by atoms with Gasteiger partial charge in [0.25, 0.3) is 0 Å². The molecular weight excluding hydrogens is 378 g/mol. The van der Waals surface area contributed by atoms with Gasteiger partial charge in [-0.05, 0) is 47.4 Å². The van der Waals surface area contributed by atoms with Crippen molar-refractivity contribution in [2.24, 2.45) is 0 Å². The Kier molecular flexibility index (Phi) is 6.95. The Labute approximate surface area is 167 Å². The van der Waals surface area contributed by atoms with E-state index in [0.29, 0.717) is 12.3 Å². The van der Waals surface area contributed by atoms with E-state index in [-0.39, 0.29) is 18.3 Å². The van der Waals surface area contributed by atoms with Crippen LogP contribution in [0.1, 0.15) is 23.9 Å². The van der Waals surface area contributed by atoms with Crippen LogP contribution in [0.4, 0.5) is 6.01 Å². The molecule has 0 unspecified atom stereocenters. The predicted octanol–water partition coefficient (Wildman–Crippen LogP) is 4.68. The summed E-state index contributed by atoms with van der Waals surface area (Å²) in [4.78, 5) is 14.6. The largest absolute Gasteiger partial charge is 0.407 e. The number of carbonyl (C=O) groups excluding carboxylic acids is 1. The van der Waals surface area contributed by atoms with Gasteiger partial charge in [0.05, 0.1) is 12.8 Å². The molecule has 0 spiro atoms. The summed E-state index contributed by atoms with van der Waals surface area (Å²) in [5.41, 5.74) is 2.03. The van der Waals surface area contributed by atoms with Crippen LogP contribution in [0.2, 0.25) is 0 Å². The van der Waals surface area contributed by atoms with Crippen LogP contribution < -0.4 is 5.32 Å². The number of benzene rings is 2. The van der Waals surface area contributed by atoms with Gasteiger partial charge in [-0.1, -0.05) is 36.3 Å². The summed E-state index contributed by atoms with van der Waals surface area (Å²) in [5, 5.41) is 10.6. The van der Waals surface area contributed by atoms with Gasteiger partial charge in [0.1, 0.15) is 0 Å². The van der Waals surface area contributed by atoms with Crippen molar-refractivity contribution in [3.8, 4) is 0 Å². The summed E-state index contributed by atoms with van der Waals surface area (Å²) in [6, 6.07) is 16.3. The highest BCUT2D eigenvalue weighted by atomic mass is 32.2. The van der Waals surface area contributed by atoms with Crippen LogP contribution in [-0.4, -0.2) is 28.1 Å². The number of anilines is 1. The van der Waals surface area contributed by atoms with E-state index in [1.807, 2.05) is 42.7 Å². The second-order valence-electron chi connectivity index (χ2n) is 5.83. The van der Waals surface area contributed by atoms with Gasteiger partial charge in [0.2, 0.25) is 11.8 Å². The monoisotopic (exact) mass is 399 g/mol. The molecule has 140 valence electrons. The number of thioether (sulfide) groups is 2. The maximum absolute atomic E-state index is 12.2. The molecule has 0 aliphatic carbocycles. The van der Waals surface area contributed by atoms with E-state index < -0.39 is 0 Å². The molecule has 0 saturated heterocycles. The molecule has 0 radical (unpaired) electrons. The lowest BCUT2D eigenvalue weighted by Crippen LogP contribution is -2.14. The van der Waals surface area contributed by atoms with Gasteiger partial charge in [-0.3, -0.25) is 10.1 Å². The number of hydrogen-bond donors (Lipinski definition) is 1. The molecule has 1 N–H and O–H groups in total. The zero-order valence-electron chi connectivity index (χ0n) is 15.3. The van der Waals surface area contributed by atoms with Crippen LogP contribution in [0, 0.1) is 0 Å². The van der Waals surface area contributed by atoms with Crippen LogP contribution in [-0.2, 0) is 17.6 Å². The molecule has 7 heteroatoms. The Morgan fingerprint density at radius 2 is 1.67 bits per heavy atom. The van der Waals surface area contributed by atoms with Crippen LogP contribution in [0.5, 0.6) is 0 Å². The molecule has 0 aliphatic heterocycles. The van der Waals surface area contributed by atoms with Crippen molar-refractivity contribution in [2.45, 2.75) is 29.6 Å². The van der Waals surface area contributed by atoms with Crippen LogP contribution in [0.15, 0.2) is 62.7 Å². The first-order chi connectivity index (χ1) is 13.2. The van der Waals surface area contributed by atoms with E-state index in [1.165, 1.54) is 9.79 Å². The van der Waals surface area contributed by atoms with E-state index >= 15 is 0 Å². The number of nitrogens with one attached hydrogen (secondary N) is 1. The summed E-state index contributed by atoms with van der Waals surface area (Å²) in [6.45, 7) is 2.12. The minimum absolute atomic E-state index is 0.133. The molecule has 0 bridgehead atoms. The molecule has 0 atom stereocenters. The average Bonchev–Trinajstić information content (AvgIpc) is 3.11. The van der Waals surface area contributed by atoms with Gasteiger partial charge >= 0.3 is 6.01 Å². The first kappa shape index (κ1) is 19.5. The number of aromatic nitrogens is 2. The first-order valence-corrected chi connectivity index (χ1v) is 10.8. The Balaban J connectivity index is 1.53. The molecule has 2 aromatic carbocycles. The molecule has 27 heavy (non-hydrogen) atoms. The van der Waals surface area contributed by atoms with Gasteiger partial charge in [-0.25, -0.2) is 0 Å². The van der Waals surface area contributed by atoms with Crippen LogP contribution >= 0.6 is 23.5 Å². The van der Waals surface area contributed by atoms with Gasteiger partial charge in [0.15, 0.2) is 0 Å². The second-order valence-corrected chi connectivity index (χ2v) is 8.04. The quantitative estimate of drug-likeness (QED) is 0.555. The van der Waals surface area contributed by atoms with Crippen molar-refractivity contribution in [2.75, 3.05) is 17.3 Å². The molecular formula is C20H21N3O2S2. The third-order valence-corrected chi connectivity index (χ3v) is 5.46. The smallest absolute Gasteiger partial charge is 0.322 e. The molecule has 1 aromatic heterocycles. The Morgan fingerprint density at radius 3 is 2.33 bits per heavy atom. The van der Waals surface area contributed by atoms with Gasteiger partial charge < -0.3 is 4.42 Å². The van der Waals surface area contributed by atoms with Crippen LogP contribution in [0.3, 0.4) is 0 Å². The first-order valence-electron chi connectivity index (χ1n) is 8.63. The van der Waals surface area contributed by atoms with Gasteiger partial charge in [0, 0.05) is 9.79 Å². The fourth-order valence-corrected chi connectivity index (χ4v) is 3.58. The third kappa shape index (κ3) is 5.87. The third-order valence-electron chi connectivity index (χ3n) is 3.83. The Morgan fingerprint density at radius 1 is 1.00 bits per heavy atom. The van der Waals surface area contributed by atoms with E-state index in [9.17, 15) is 4.79 Å². The number of amides is 1. The van der Waals surface area contributed by atoms with E-state index in [4.69, 9.17) is 4.42 Å². The Bertz CT molecular complexity index is 877. The van der Waals surface area contributed by atoms with E-state index in [0.717, 1.165) is 16.9 Å². The van der Waals surface area contributed by atoms with Crippen molar-refractivity contribution < 1.29 is 9.21 Å². The zero-order valence-corrected chi connectivity index (χ0v) is 16.9. The maximum atomic E-state index is 12.2. The van der Waals surface area contributed by atoms with Crippen molar-refractivity contribution in [1.82, 2.24) is 10.2 Å². The highest BCUT2D eigenvalue weighted by molar-refractivity contribution is 7.99. The van der Waals surface area contributed by atoms with Gasteiger partial charge in [-0.2, -0.15) is 0 Å². The molecule has 3 aromatic rings. The minimum Gasteiger partial charge on any atom is -0.407 e. The molecule has 0 saturated carbocycles. The summed E-state index contributed by atoms with van der Waals surface area (Å²) in [5.74, 6) is 1.33. The standard InChI is InChI=1S/C20H21N3O2S2/c1-3-27-17-10-6-14(7-11-17)12-18(24)21-20-23-22-19(25-20)13-15-4-8-16(26-2)9-5-15/h4-11H,3,12-13H2,1-2H3,(H,21,23,24). The minimum atomic E-state index is -0.176. The zero-order chi connectivity index (χ0) is 19.1. The predicted molar refractivity (Wildman–Crippen MR) is 111 cm³/mol. The summed E-state index contributed by atoms with van der Waals surface area (Å²) in [7, 11) is 0. The normalized spacial score (nSPS) is 10.7. The Hall–Kier alpha value is -2.25. The lowest BCUT2D eigenvalue weighted by molar-refractivity contribution is -0.115. The van der Waals surface area contributed by atoms with E-state index in [2.05, 4.69) is 34.6 Å². The van der Waals surface area contributed by atoms with Gasteiger partial charge in [-0.15, -0.1) is 28.6 Å². The lowest BCUT2D eigenvalue weighted by atomic mass is 10.1. The molecule has 0 aliphatic rings. The van der Waals surface area contributed by atoms with Crippen molar-refractivity contribution in [1.29, 1.82) is 0 Å². The molecule has 1 amide bonds. The molecule has 5 nitrogen and oxygen atoms in total.